The first-order chi connectivity index (χ1) is 9.79. The second kappa shape index (κ2) is 4.94. The molecular weight excluding hydrogens is 282 g/mol. The summed E-state index contributed by atoms with van der Waals surface area (Å²) >= 11 is 0. The quantitative estimate of drug-likeness (QED) is 0.602. The largest absolute Gasteiger partial charge is 0.481 e. The standard InChI is InChI=1S/C12H11N3O6/c13-12(11(20)21,4-3-7(16)17)15-9(18)6-2-1-5-14-8(6)10(15)19/h1-2,5H,3-4,13H2,(H,16,17)(H,20,21)/t12-/m1/s1. The number of nitrogens with zero attached hydrogens (tertiary/aromatic N) is 2. The van der Waals surface area contributed by atoms with E-state index in [4.69, 9.17) is 10.8 Å². The number of pyridine rings is 1. The molecule has 9 heteroatoms. The number of carboxylic acid groups (broad SMARTS) is 2. The molecule has 1 aromatic heterocycles. The van der Waals surface area contributed by atoms with E-state index in [2.05, 4.69) is 4.98 Å². The average Bonchev–Trinajstić information content (AvgIpc) is 2.69. The molecule has 0 unspecified atom stereocenters. The summed E-state index contributed by atoms with van der Waals surface area (Å²) in [6.07, 6.45) is 0.0660. The predicted octanol–water partition coefficient (Wildman–Crippen LogP) is -0.718. The lowest BCUT2D eigenvalue weighted by Gasteiger charge is -2.32. The van der Waals surface area contributed by atoms with Crippen molar-refractivity contribution in [3.05, 3.63) is 29.6 Å². The lowest BCUT2D eigenvalue weighted by molar-refractivity contribution is -0.149. The molecule has 21 heavy (non-hydrogen) atoms. The first-order valence-electron chi connectivity index (χ1n) is 5.87. The number of carboxylic acids is 2. The van der Waals surface area contributed by atoms with Gasteiger partial charge in [0.2, 0.25) is 0 Å². The summed E-state index contributed by atoms with van der Waals surface area (Å²) in [5.41, 5.74) is 2.95. The van der Waals surface area contributed by atoms with Crippen LogP contribution in [0.25, 0.3) is 0 Å². The fourth-order valence-corrected chi connectivity index (χ4v) is 2.04. The minimum atomic E-state index is -2.44. The van der Waals surface area contributed by atoms with Crippen molar-refractivity contribution in [1.82, 2.24) is 9.88 Å². The second-order valence-electron chi connectivity index (χ2n) is 4.47. The summed E-state index contributed by atoms with van der Waals surface area (Å²) in [4.78, 5) is 50.4. The van der Waals surface area contributed by atoms with Gasteiger partial charge in [-0.3, -0.25) is 25.1 Å². The Morgan fingerprint density at radius 2 is 1.95 bits per heavy atom. The van der Waals surface area contributed by atoms with Crippen molar-refractivity contribution in [3.63, 3.8) is 0 Å². The fraction of sp³-hybridized carbons (Fsp3) is 0.250. The van der Waals surface area contributed by atoms with Crippen LogP contribution in [-0.4, -0.2) is 49.5 Å². The maximum absolute atomic E-state index is 12.2. The molecule has 1 aliphatic rings. The van der Waals surface area contributed by atoms with Gasteiger partial charge in [0.05, 0.1) is 5.56 Å². The van der Waals surface area contributed by atoms with E-state index in [0.717, 1.165) is 0 Å². The van der Waals surface area contributed by atoms with E-state index in [1.54, 1.807) is 0 Å². The van der Waals surface area contributed by atoms with Crippen LogP contribution in [0, 0.1) is 0 Å². The summed E-state index contributed by atoms with van der Waals surface area (Å²) in [5, 5.41) is 17.9. The van der Waals surface area contributed by atoms with Crippen molar-refractivity contribution in [3.8, 4) is 0 Å². The molecule has 1 atom stereocenters. The number of hydrogen-bond donors (Lipinski definition) is 3. The van der Waals surface area contributed by atoms with Gasteiger partial charge < -0.3 is 10.2 Å². The zero-order valence-corrected chi connectivity index (χ0v) is 10.6. The number of rotatable bonds is 5. The molecule has 9 nitrogen and oxygen atoms in total. The van der Waals surface area contributed by atoms with Gasteiger partial charge in [-0.05, 0) is 12.1 Å². The Morgan fingerprint density at radius 1 is 1.29 bits per heavy atom. The van der Waals surface area contributed by atoms with Crippen LogP contribution in [0.2, 0.25) is 0 Å². The molecule has 0 saturated heterocycles. The SMILES string of the molecule is N[C@@](CCC(=O)O)(C(=O)O)N1C(=O)c2cccnc2C1=O. The van der Waals surface area contributed by atoms with Crippen LogP contribution < -0.4 is 5.73 Å². The summed E-state index contributed by atoms with van der Waals surface area (Å²) in [6.45, 7) is 0. The molecule has 110 valence electrons. The van der Waals surface area contributed by atoms with Crippen LogP contribution in [0.4, 0.5) is 0 Å². The van der Waals surface area contributed by atoms with Crippen molar-refractivity contribution in [2.75, 3.05) is 0 Å². The lowest BCUT2D eigenvalue weighted by atomic mass is 10.0. The molecule has 0 bridgehead atoms. The Hall–Kier alpha value is -2.81. The average molecular weight is 293 g/mol. The Labute approximate surface area is 118 Å². The smallest absolute Gasteiger partial charge is 0.345 e. The number of carbonyl (C=O) groups is 4. The highest BCUT2D eigenvalue weighted by molar-refractivity contribution is 6.22. The summed E-state index contributed by atoms with van der Waals surface area (Å²) < 4.78 is 0. The number of amides is 2. The minimum Gasteiger partial charge on any atom is -0.481 e. The highest BCUT2D eigenvalue weighted by atomic mass is 16.4. The van der Waals surface area contributed by atoms with Crippen molar-refractivity contribution < 1.29 is 29.4 Å². The zero-order valence-electron chi connectivity index (χ0n) is 10.6. The van der Waals surface area contributed by atoms with Gasteiger partial charge in [0.15, 0.2) is 5.66 Å². The van der Waals surface area contributed by atoms with Crippen LogP contribution in [0.5, 0.6) is 0 Å². The molecular formula is C12H11N3O6. The van der Waals surface area contributed by atoms with Gasteiger partial charge in [-0.15, -0.1) is 0 Å². The third-order valence-corrected chi connectivity index (χ3v) is 3.14. The van der Waals surface area contributed by atoms with Gasteiger partial charge >= 0.3 is 11.9 Å². The lowest BCUT2D eigenvalue weighted by Crippen LogP contribution is -2.63. The van der Waals surface area contributed by atoms with E-state index in [-0.39, 0.29) is 11.3 Å². The van der Waals surface area contributed by atoms with Crippen LogP contribution in [-0.2, 0) is 9.59 Å². The van der Waals surface area contributed by atoms with Gasteiger partial charge in [-0.25, -0.2) is 9.69 Å². The molecule has 0 aromatic carbocycles. The van der Waals surface area contributed by atoms with Gasteiger partial charge in [-0.1, -0.05) is 0 Å². The molecule has 2 amide bonds. The van der Waals surface area contributed by atoms with E-state index in [1.165, 1.54) is 18.3 Å². The van der Waals surface area contributed by atoms with Crippen LogP contribution in [0.3, 0.4) is 0 Å². The van der Waals surface area contributed by atoms with E-state index in [9.17, 15) is 24.3 Å². The molecule has 0 radical (unpaired) electrons. The van der Waals surface area contributed by atoms with E-state index >= 15 is 0 Å². The number of fused-ring (bicyclic) bond motifs is 1. The number of hydrogen-bond acceptors (Lipinski definition) is 6. The maximum Gasteiger partial charge on any atom is 0.345 e. The molecule has 0 fully saturated rings. The molecule has 1 aliphatic heterocycles. The van der Waals surface area contributed by atoms with Crippen molar-refractivity contribution in [2.24, 2.45) is 5.73 Å². The molecule has 4 N–H and O–H groups in total. The maximum atomic E-state index is 12.2. The van der Waals surface area contributed by atoms with Crippen LogP contribution in [0.1, 0.15) is 33.7 Å². The number of imide groups is 1. The van der Waals surface area contributed by atoms with Gasteiger partial charge in [0, 0.05) is 19.0 Å². The zero-order chi connectivity index (χ0) is 15.8. The van der Waals surface area contributed by atoms with Gasteiger partial charge in [0.25, 0.3) is 11.8 Å². The van der Waals surface area contributed by atoms with E-state index in [1.807, 2.05) is 0 Å². The van der Waals surface area contributed by atoms with Crippen LogP contribution in [0.15, 0.2) is 18.3 Å². The third-order valence-electron chi connectivity index (χ3n) is 3.14. The Morgan fingerprint density at radius 3 is 2.48 bits per heavy atom. The topological polar surface area (TPSA) is 151 Å². The number of nitrogens with two attached hydrogens (primary N) is 1. The molecule has 0 aliphatic carbocycles. The summed E-state index contributed by atoms with van der Waals surface area (Å²) in [7, 11) is 0. The summed E-state index contributed by atoms with van der Waals surface area (Å²) in [5.74, 6) is -4.82. The number of carbonyl (C=O) groups excluding carboxylic acids is 2. The van der Waals surface area contributed by atoms with Crippen LogP contribution >= 0.6 is 0 Å². The van der Waals surface area contributed by atoms with Gasteiger partial charge in [-0.2, -0.15) is 0 Å². The fourth-order valence-electron chi connectivity index (χ4n) is 2.04. The van der Waals surface area contributed by atoms with Crippen molar-refractivity contribution in [2.45, 2.75) is 18.5 Å². The molecule has 2 heterocycles. The normalized spacial score (nSPS) is 16.5. The minimum absolute atomic E-state index is 0.0612. The molecule has 0 saturated carbocycles. The Bertz CT molecular complexity index is 623. The second-order valence-corrected chi connectivity index (χ2v) is 4.47. The summed E-state index contributed by atoms with van der Waals surface area (Å²) in [6, 6.07) is 2.74. The van der Waals surface area contributed by atoms with E-state index in [0.29, 0.717) is 4.90 Å². The third kappa shape index (κ3) is 2.23. The van der Waals surface area contributed by atoms with E-state index < -0.39 is 42.3 Å². The number of aromatic nitrogens is 1. The highest BCUT2D eigenvalue weighted by Gasteiger charge is 2.52. The monoisotopic (exact) mass is 293 g/mol. The van der Waals surface area contributed by atoms with Crippen molar-refractivity contribution in [1.29, 1.82) is 0 Å². The highest BCUT2D eigenvalue weighted by Crippen LogP contribution is 2.28. The Balaban J connectivity index is 2.44. The first-order valence-corrected chi connectivity index (χ1v) is 5.87. The molecule has 2 rings (SSSR count). The van der Waals surface area contributed by atoms with Gasteiger partial charge in [0.1, 0.15) is 5.69 Å². The number of aliphatic carboxylic acids is 2. The predicted molar refractivity (Wildman–Crippen MR) is 66.2 cm³/mol. The Kier molecular flexibility index (Phi) is 3.44. The molecule has 0 spiro atoms. The first kappa shape index (κ1) is 14.6. The van der Waals surface area contributed by atoms with Crippen molar-refractivity contribution >= 4 is 23.8 Å². The molecule has 1 aromatic rings.